The molecular weight excluding hydrogens is 902 g/mol. The summed E-state index contributed by atoms with van der Waals surface area (Å²) in [5.74, 6) is 0.815. The summed E-state index contributed by atoms with van der Waals surface area (Å²) in [6, 6.07) is 67.4. The second-order valence-electron chi connectivity index (χ2n) is 15.6. The van der Waals surface area contributed by atoms with Crippen LogP contribution >= 0.6 is 0 Å². The molecule has 10 rings (SSSR count). The van der Waals surface area contributed by atoms with Gasteiger partial charge >= 0.3 is 0 Å². The summed E-state index contributed by atoms with van der Waals surface area (Å²) in [5.41, 5.74) is 14.1. The van der Waals surface area contributed by atoms with E-state index in [1.807, 2.05) is 30.6 Å². The molecule has 6 heteroatoms. The fourth-order valence-corrected chi connectivity index (χ4v) is 8.04. The number of para-hydroxylation sites is 4. The van der Waals surface area contributed by atoms with Crippen molar-refractivity contribution < 1.29 is 21.1 Å². The Hall–Kier alpha value is -6.55. The fraction of sp³-hybridized carbons (Fsp3) is 0.0755. The molecule has 0 amide bonds. The smallest absolute Gasteiger partial charge is 0.136 e. The number of hydrogen-bond acceptors (Lipinski definition) is 4. The zero-order chi connectivity index (χ0) is 39.2. The number of nitrogens with zero attached hydrogens (tertiary/aromatic N) is 5. The molecule has 0 aliphatic carbocycles. The molecule has 0 atom stereocenters. The molecule has 0 saturated heterocycles. The maximum Gasteiger partial charge on any atom is 0.136 e. The minimum absolute atomic E-state index is 0. The molecule has 9 aromatic rings. The predicted octanol–water partition coefficient (Wildman–Crippen LogP) is 12.9. The molecular formula is C53H40N5Pt-3. The molecule has 6 aromatic carbocycles. The van der Waals surface area contributed by atoms with Crippen LogP contribution in [0.2, 0.25) is 0 Å². The van der Waals surface area contributed by atoms with E-state index < -0.39 is 0 Å². The topological polar surface area (TPSA) is 37.2 Å². The van der Waals surface area contributed by atoms with Gasteiger partial charge in [0.1, 0.15) is 5.82 Å². The monoisotopic (exact) mass is 941 g/mol. The fourth-order valence-electron chi connectivity index (χ4n) is 8.04. The van der Waals surface area contributed by atoms with Crippen LogP contribution in [0.25, 0.3) is 38.9 Å². The second kappa shape index (κ2) is 15.7. The number of hydrogen-bond donors (Lipinski definition) is 0. The second-order valence-corrected chi connectivity index (χ2v) is 15.6. The molecule has 0 N–H and O–H groups in total. The van der Waals surface area contributed by atoms with Gasteiger partial charge in [0.25, 0.3) is 0 Å². The third kappa shape index (κ3) is 6.96. The minimum atomic E-state index is -0.182. The van der Waals surface area contributed by atoms with Crippen LogP contribution in [0.1, 0.15) is 48.6 Å². The quantitative estimate of drug-likeness (QED) is 0.118. The van der Waals surface area contributed by atoms with Gasteiger partial charge in [-0.1, -0.05) is 148 Å². The first kappa shape index (κ1) is 38.0. The first-order chi connectivity index (χ1) is 28.4. The van der Waals surface area contributed by atoms with Crippen molar-refractivity contribution in [3.63, 3.8) is 0 Å². The number of rotatable bonds is 7. The molecule has 1 aliphatic heterocycles. The van der Waals surface area contributed by atoms with Crippen LogP contribution in [-0.2, 0) is 26.5 Å². The third-order valence-corrected chi connectivity index (χ3v) is 10.9. The Morgan fingerprint density at radius 1 is 0.576 bits per heavy atom. The van der Waals surface area contributed by atoms with E-state index in [0.29, 0.717) is 0 Å². The van der Waals surface area contributed by atoms with E-state index in [-0.39, 0.29) is 26.5 Å². The van der Waals surface area contributed by atoms with Gasteiger partial charge in [0.15, 0.2) is 0 Å². The van der Waals surface area contributed by atoms with E-state index in [1.54, 1.807) is 0 Å². The largest absolute Gasteiger partial charge is 0.488 e. The maximum atomic E-state index is 5.26. The first-order valence-electron chi connectivity index (χ1n) is 19.7. The first-order valence-corrected chi connectivity index (χ1v) is 19.7. The van der Waals surface area contributed by atoms with Crippen molar-refractivity contribution in [1.29, 1.82) is 0 Å². The normalized spacial score (nSPS) is 12.4. The molecule has 0 saturated carbocycles. The Kier molecular flexibility index (Phi) is 10.1. The van der Waals surface area contributed by atoms with Gasteiger partial charge in [-0.15, -0.1) is 53.2 Å². The Morgan fingerprint density at radius 3 is 1.85 bits per heavy atom. The molecule has 290 valence electrons. The van der Waals surface area contributed by atoms with Gasteiger partial charge in [-0.25, -0.2) is 4.98 Å². The summed E-state index contributed by atoms with van der Waals surface area (Å²) in [7, 11) is 0. The van der Waals surface area contributed by atoms with E-state index in [4.69, 9.17) is 9.97 Å². The Bertz CT molecular complexity index is 2910. The summed E-state index contributed by atoms with van der Waals surface area (Å²) < 4.78 is 2.18. The van der Waals surface area contributed by atoms with Crippen LogP contribution in [0.3, 0.4) is 0 Å². The van der Waals surface area contributed by atoms with Crippen molar-refractivity contribution >= 4 is 55.8 Å². The summed E-state index contributed by atoms with van der Waals surface area (Å²) in [6.45, 7) is 9.01. The molecule has 4 heterocycles. The van der Waals surface area contributed by atoms with Gasteiger partial charge in [-0.05, 0) is 75.5 Å². The molecule has 0 spiro atoms. The van der Waals surface area contributed by atoms with Crippen molar-refractivity contribution in [2.24, 2.45) is 0 Å². The molecule has 0 fully saturated rings. The summed E-state index contributed by atoms with van der Waals surface area (Å²) >= 11 is 0. The molecule has 5 nitrogen and oxygen atoms in total. The Morgan fingerprint density at radius 2 is 1.19 bits per heavy atom. The summed E-state index contributed by atoms with van der Waals surface area (Å²) in [6.07, 6.45) is 3.83. The van der Waals surface area contributed by atoms with Crippen LogP contribution in [0, 0.1) is 18.8 Å². The number of benzene rings is 6. The Balaban J connectivity index is 0.00000449. The summed E-state index contributed by atoms with van der Waals surface area (Å²) in [4.78, 5) is 14.6. The Labute approximate surface area is 360 Å². The van der Waals surface area contributed by atoms with Gasteiger partial charge in [-0.2, -0.15) is 0 Å². The van der Waals surface area contributed by atoms with Gasteiger partial charge in [0.2, 0.25) is 0 Å². The molecule has 0 bridgehead atoms. The summed E-state index contributed by atoms with van der Waals surface area (Å²) in [5, 5.41) is 1.05. The van der Waals surface area contributed by atoms with Crippen LogP contribution in [0.15, 0.2) is 182 Å². The van der Waals surface area contributed by atoms with E-state index in [2.05, 4.69) is 206 Å². The van der Waals surface area contributed by atoms with Crippen molar-refractivity contribution in [3.05, 3.63) is 229 Å². The zero-order valence-electron chi connectivity index (χ0n) is 33.0. The third-order valence-electron chi connectivity index (χ3n) is 10.9. The van der Waals surface area contributed by atoms with Crippen molar-refractivity contribution in [1.82, 2.24) is 14.5 Å². The number of fused-ring (bicyclic) bond motifs is 4. The average Bonchev–Trinajstić information content (AvgIpc) is 3.82. The van der Waals surface area contributed by atoms with Gasteiger partial charge < -0.3 is 19.4 Å². The van der Waals surface area contributed by atoms with Crippen LogP contribution in [0.4, 0.5) is 22.7 Å². The van der Waals surface area contributed by atoms with Crippen LogP contribution in [0.5, 0.6) is 0 Å². The number of anilines is 4. The van der Waals surface area contributed by atoms with Gasteiger partial charge in [-0.3, -0.25) is 0 Å². The van der Waals surface area contributed by atoms with Crippen LogP contribution < -0.4 is 9.80 Å². The maximum absolute atomic E-state index is 5.26. The van der Waals surface area contributed by atoms with E-state index in [1.165, 1.54) is 5.56 Å². The average molecular weight is 942 g/mol. The van der Waals surface area contributed by atoms with Crippen molar-refractivity contribution in [2.45, 2.75) is 26.2 Å². The van der Waals surface area contributed by atoms with Crippen molar-refractivity contribution in [3.8, 4) is 5.82 Å². The molecule has 0 radical (unpaired) electrons. The predicted molar refractivity (Wildman–Crippen MR) is 239 cm³/mol. The zero-order valence-corrected chi connectivity index (χ0v) is 35.2. The molecule has 0 unspecified atom stereocenters. The van der Waals surface area contributed by atoms with E-state index in [9.17, 15) is 0 Å². The van der Waals surface area contributed by atoms with Gasteiger partial charge in [0, 0.05) is 55.4 Å². The van der Waals surface area contributed by atoms with Gasteiger partial charge in [0.05, 0.1) is 0 Å². The minimum Gasteiger partial charge on any atom is -0.488 e. The number of pyridine rings is 2. The SMILES string of the molecule is CC(C)(C)c1cc(C(=C(c2ccccc2)c2ccccc2)c2[c-]c3c(nc2)c2ccccc2n3-c2ccccn2)[c-]c(N2[CH-]N(c3ccccc3)c3ccccc32)c1.[Pt]. The standard InChI is InChI=1S/C53H40N5.Pt/c1-53(2,3)41-31-39(32-43(34-41)57-36-56(42-23-11-6-12-24-42)46-27-15-16-28-47(46)57)51(50(37-19-7-4-8-20-37)38-21-9-5-10-22-38)40-33-48-52(55-35-40)44-25-13-14-26-45(44)58(48)49-29-17-18-30-54-49;/h4-31,34-36H,1-3H3;/q-3;. The van der Waals surface area contributed by atoms with Crippen molar-refractivity contribution in [2.75, 3.05) is 9.80 Å². The molecule has 59 heavy (non-hydrogen) atoms. The van der Waals surface area contributed by atoms with E-state index in [0.717, 1.165) is 83.9 Å². The molecule has 1 aliphatic rings. The van der Waals surface area contributed by atoms with Crippen LogP contribution in [-0.4, -0.2) is 14.5 Å². The number of aromatic nitrogens is 3. The molecule has 3 aromatic heterocycles. The van der Waals surface area contributed by atoms with E-state index >= 15 is 0 Å².